The van der Waals surface area contributed by atoms with Gasteiger partial charge in [-0.3, -0.25) is 14.9 Å². The Kier molecular flexibility index (Phi) is 5.48. The van der Waals surface area contributed by atoms with E-state index in [1.165, 1.54) is 6.20 Å². The van der Waals surface area contributed by atoms with Crippen molar-refractivity contribution < 1.29 is 27.6 Å². The lowest BCUT2D eigenvalue weighted by Gasteiger charge is -2.09. The average Bonchev–Trinajstić information content (AvgIpc) is 2.68. The highest BCUT2D eigenvalue weighted by Crippen LogP contribution is 2.33. The van der Waals surface area contributed by atoms with Crippen molar-refractivity contribution in [1.29, 1.82) is 0 Å². The predicted molar refractivity (Wildman–Crippen MR) is 93.1 cm³/mol. The van der Waals surface area contributed by atoms with E-state index in [0.29, 0.717) is 5.69 Å². The summed E-state index contributed by atoms with van der Waals surface area (Å²) in [5, 5.41) is 18.9. The second-order valence-electron chi connectivity index (χ2n) is 5.71. The van der Waals surface area contributed by atoms with Crippen LogP contribution in [0.1, 0.15) is 16.2 Å². The number of alkyl halides is 3. The van der Waals surface area contributed by atoms with E-state index in [1.807, 2.05) is 18.2 Å². The molecule has 3 aromatic rings. The first kappa shape index (κ1) is 19.9. The maximum atomic E-state index is 12.4. The fraction of sp³-hybridized carbons (Fsp3) is 0.111. The van der Waals surface area contributed by atoms with Gasteiger partial charge in [0.1, 0.15) is 5.69 Å². The lowest BCUT2D eigenvalue weighted by molar-refractivity contribution is -0.388. The molecule has 148 valence electrons. The van der Waals surface area contributed by atoms with E-state index in [1.54, 1.807) is 12.1 Å². The van der Waals surface area contributed by atoms with E-state index in [-0.39, 0.29) is 17.8 Å². The van der Waals surface area contributed by atoms with Crippen molar-refractivity contribution in [3.05, 3.63) is 76.2 Å². The number of aromatic nitrogens is 3. The van der Waals surface area contributed by atoms with Gasteiger partial charge < -0.3 is 4.74 Å². The van der Waals surface area contributed by atoms with Gasteiger partial charge in [0, 0.05) is 17.2 Å². The molecule has 1 aromatic heterocycles. The van der Waals surface area contributed by atoms with Crippen molar-refractivity contribution in [2.75, 3.05) is 0 Å². The van der Waals surface area contributed by atoms with Gasteiger partial charge in [-0.05, 0) is 12.1 Å². The highest BCUT2D eigenvalue weighted by atomic mass is 19.4. The number of halogens is 3. The van der Waals surface area contributed by atoms with Gasteiger partial charge >= 0.3 is 12.0 Å². The molecule has 0 amide bonds. The minimum atomic E-state index is -5.10. The Labute approximate surface area is 161 Å². The molecule has 11 heteroatoms. The molecule has 0 atom stereocenters. The van der Waals surface area contributed by atoms with Gasteiger partial charge in [0.15, 0.2) is 11.6 Å². The number of carbonyl (C=O) groups is 1. The summed E-state index contributed by atoms with van der Waals surface area (Å²) < 4.78 is 40.7. The number of nitro benzene ring substituents is 1. The fourth-order valence-corrected chi connectivity index (χ4v) is 2.41. The van der Waals surface area contributed by atoms with E-state index in [0.717, 1.165) is 23.8 Å². The molecule has 0 spiro atoms. The highest BCUT2D eigenvalue weighted by molar-refractivity contribution is 5.98. The third-order valence-corrected chi connectivity index (χ3v) is 3.70. The first-order chi connectivity index (χ1) is 13.7. The minimum absolute atomic E-state index is 0.0629. The zero-order valence-electron chi connectivity index (χ0n) is 14.5. The topological polar surface area (TPSA) is 108 Å². The van der Waals surface area contributed by atoms with Crippen molar-refractivity contribution in [3.8, 4) is 17.0 Å². The number of Topliss-reactive ketones (excluding diaryl/α,β-unsaturated/α-hetero) is 1. The summed E-state index contributed by atoms with van der Waals surface area (Å²) >= 11 is 0. The molecule has 8 nitrogen and oxygen atoms in total. The second-order valence-corrected chi connectivity index (χ2v) is 5.71. The Morgan fingerprint density at radius 3 is 2.41 bits per heavy atom. The van der Waals surface area contributed by atoms with Crippen LogP contribution in [0, 0.1) is 10.1 Å². The Morgan fingerprint density at radius 2 is 1.83 bits per heavy atom. The minimum Gasteiger partial charge on any atom is -0.398 e. The quantitative estimate of drug-likeness (QED) is 0.350. The molecule has 2 aromatic carbocycles. The average molecular weight is 404 g/mol. The zero-order chi connectivity index (χ0) is 21.0. The van der Waals surface area contributed by atoms with Gasteiger partial charge in [-0.25, -0.2) is 4.98 Å². The maximum absolute atomic E-state index is 12.4. The summed E-state index contributed by atoms with van der Waals surface area (Å²) in [4.78, 5) is 26.3. The Bertz CT molecular complexity index is 1040. The highest BCUT2D eigenvalue weighted by Gasteiger charge is 2.34. The summed E-state index contributed by atoms with van der Waals surface area (Å²) in [6.07, 6.45) is -4.01. The van der Waals surface area contributed by atoms with Crippen LogP contribution in [0.2, 0.25) is 0 Å². The molecule has 0 unspecified atom stereocenters. The standard InChI is InChI=1S/C18H11F3N4O4/c19-18(20,21)29-16-7-6-12(8-14(16)25(27)28)15(26)9-17-22-10-13(23-24-17)11-4-2-1-3-5-11/h1-8,10H,9H2. The van der Waals surface area contributed by atoms with Gasteiger partial charge in [0.05, 0.1) is 17.5 Å². The number of carbonyl (C=O) groups excluding carboxylic acids is 1. The number of nitro groups is 1. The Morgan fingerprint density at radius 1 is 1.10 bits per heavy atom. The molecule has 0 bridgehead atoms. The summed E-state index contributed by atoms with van der Waals surface area (Å²) in [6, 6.07) is 11.5. The normalized spacial score (nSPS) is 11.1. The largest absolute Gasteiger partial charge is 0.573 e. The molecule has 0 aliphatic carbocycles. The van der Waals surface area contributed by atoms with Crippen LogP contribution in [0.25, 0.3) is 11.3 Å². The van der Waals surface area contributed by atoms with Crippen LogP contribution in [0.3, 0.4) is 0 Å². The SMILES string of the molecule is O=C(Cc1ncc(-c2ccccc2)nn1)c1ccc(OC(F)(F)F)c([N+](=O)[O-])c1. The van der Waals surface area contributed by atoms with Crippen LogP contribution in [0.4, 0.5) is 18.9 Å². The smallest absolute Gasteiger partial charge is 0.398 e. The molecular formula is C18H11F3N4O4. The van der Waals surface area contributed by atoms with Gasteiger partial charge in [0.25, 0.3) is 0 Å². The molecular weight excluding hydrogens is 393 g/mol. The molecule has 0 aliphatic rings. The van der Waals surface area contributed by atoms with Crippen LogP contribution in [0.15, 0.2) is 54.7 Å². The third-order valence-electron chi connectivity index (χ3n) is 3.70. The molecule has 0 aliphatic heterocycles. The van der Waals surface area contributed by atoms with Crippen LogP contribution in [0.5, 0.6) is 5.75 Å². The zero-order valence-corrected chi connectivity index (χ0v) is 14.5. The van der Waals surface area contributed by atoms with Crippen LogP contribution in [-0.2, 0) is 6.42 Å². The predicted octanol–water partition coefficient (Wildman–Crippen LogP) is 3.77. The van der Waals surface area contributed by atoms with Crippen molar-refractivity contribution in [3.63, 3.8) is 0 Å². The van der Waals surface area contributed by atoms with Crippen molar-refractivity contribution >= 4 is 11.5 Å². The molecule has 0 saturated heterocycles. The van der Waals surface area contributed by atoms with E-state index in [4.69, 9.17) is 0 Å². The second kappa shape index (κ2) is 8.00. The fourth-order valence-electron chi connectivity index (χ4n) is 2.41. The summed E-state index contributed by atoms with van der Waals surface area (Å²) in [7, 11) is 0. The number of ketones is 1. The van der Waals surface area contributed by atoms with Crippen molar-refractivity contribution in [2.24, 2.45) is 0 Å². The van der Waals surface area contributed by atoms with Crippen molar-refractivity contribution in [1.82, 2.24) is 15.2 Å². The Balaban J connectivity index is 1.78. The Hall–Kier alpha value is -3.89. The maximum Gasteiger partial charge on any atom is 0.573 e. The molecule has 29 heavy (non-hydrogen) atoms. The number of ether oxygens (including phenoxy) is 1. The molecule has 0 radical (unpaired) electrons. The van der Waals surface area contributed by atoms with Crippen LogP contribution in [-0.4, -0.2) is 32.3 Å². The third kappa shape index (κ3) is 5.09. The lowest BCUT2D eigenvalue weighted by Crippen LogP contribution is -2.18. The van der Waals surface area contributed by atoms with Gasteiger partial charge in [0.2, 0.25) is 5.75 Å². The first-order valence-corrected chi connectivity index (χ1v) is 8.04. The summed E-state index contributed by atoms with van der Waals surface area (Å²) in [5.74, 6) is -1.57. The molecule has 3 rings (SSSR count). The van der Waals surface area contributed by atoms with E-state index in [2.05, 4.69) is 19.9 Å². The lowest BCUT2D eigenvalue weighted by atomic mass is 10.1. The molecule has 0 N–H and O–H groups in total. The van der Waals surface area contributed by atoms with Crippen LogP contribution < -0.4 is 4.74 Å². The van der Waals surface area contributed by atoms with Gasteiger partial charge in [-0.1, -0.05) is 30.3 Å². The van der Waals surface area contributed by atoms with Gasteiger partial charge in [-0.15, -0.1) is 23.4 Å². The number of benzene rings is 2. The number of rotatable bonds is 6. The summed E-state index contributed by atoms with van der Waals surface area (Å²) in [6.45, 7) is 0. The van der Waals surface area contributed by atoms with Crippen molar-refractivity contribution in [2.45, 2.75) is 12.8 Å². The first-order valence-electron chi connectivity index (χ1n) is 8.04. The van der Waals surface area contributed by atoms with E-state index in [9.17, 15) is 28.1 Å². The summed E-state index contributed by atoms with van der Waals surface area (Å²) in [5.41, 5.74) is 0.112. The van der Waals surface area contributed by atoms with E-state index < -0.39 is 28.5 Å². The molecule has 0 saturated carbocycles. The van der Waals surface area contributed by atoms with Crippen LogP contribution >= 0.6 is 0 Å². The monoisotopic (exact) mass is 404 g/mol. The van der Waals surface area contributed by atoms with E-state index >= 15 is 0 Å². The number of hydrogen-bond donors (Lipinski definition) is 0. The number of hydrogen-bond acceptors (Lipinski definition) is 7. The van der Waals surface area contributed by atoms with Gasteiger partial charge in [-0.2, -0.15) is 0 Å². The molecule has 0 fully saturated rings. The number of nitrogens with zero attached hydrogens (tertiary/aromatic N) is 4. The molecule has 1 heterocycles.